The topological polar surface area (TPSA) is 115 Å². The van der Waals surface area contributed by atoms with Gasteiger partial charge in [0, 0.05) is 21.8 Å². The van der Waals surface area contributed by atoms with Crippen LogP contribution in [0, 0.1) is 0 Å². The summed E-state index contributed by atoms with van der Waals surface area (Å²) < 4.78 is 15.8. The predicted molar refractivity (Wildman–Crippen MR) is 173 cm³/mol. The SMILES string of the molecule is COc1ccc(NC(=O)C(C)Sc2ccc(NC(=O)/C(=C/c3ccc(OC)c(OC)c3)NC(=O)c3ccccc3)cc2)cc1. The lowest BCUT2D eigenvalue weighted by atomic mass is 10.1. The second-order valence-electron chi connectivity index (χ2n) is 9.45. The lowest BCUT2D eigenvalue weighted by molar-refractivity contribution is -0.115. The van der Waals surface area contributed by atoms with Crippen LogP contribution in [0.15, 0.2) is 108 Å². The zero-order valence-corrected chi connectivity index (χ0v) is 25.6. The first-order chi connectivity index (χ1) is 21.3. The number of benzene rings is 4. The first kappa shape index (κ1) is 31.7. The summed E-state index contributed by atoms with van der Waals surface area (Å²) in [5, 5.41) is 8.09. The highest BCUT2D eigenvalue weighted by atomic mass is 32.2. The number of hydrogen-bond acceptors (Lipinski definition) is 7. The number of carbonyl (C=O) groups excluding carboxylic acids is 3. The molecule has 0 fully saturated rings. The Morgan fingerprint density at radius 2 is 1.36 bits per heavy atom. The van der Waals surface area contributed by atoms with E-state index >= 15 is 0 Å². The van der Waals surface area contributed by atoms with Crippen LogP contribution in [0.1, 0.15) is 22.8 Å². The summed E-state index contributed by atoms with van der Waals surface area (Å²) in [7, 11) is 4.64. The van der Waals surface area contributed by atoms with Crippen LogP contribution >= 0.6 is 11.8 Å². The van der Waals surface area contributed by atoms with Crippen molar-refractivity contribution in [3.8, 4) is 17.2 Å². The monoisotopic (exact) mass is 611 g/mol. The fraction of sp³-hybridized carbons (Fsp3) is 0.147. The van der Waals surface area contributed by atoms with Crippen molar-refractivity contribution in [1.82, 2.24) is 5.32 Å². The van der Waals surface area contributed by atoms with Crippen LogP contribution in [0.5, 0.6) is 17.2 Å². The summed E-state index contributed by atoms with van der Waals surface area (Å²) in [6, 6.07) is 28.0. The molecule has 0 spiro atoms. The zero-order chi connectivity index (χ0) is 31.5. The molecule has 44 heavy (non-hydrogen) atoms. The number of ether oxygens (including phenoxy) is 3. The molecule has 0 bridgehead atoms. The smallest absolute Gasteiger partial charge is 0.272 e. The third-order valence-electron chi connectivity index (χ3n) is 6.40. The van der Waals surface area contributed by atoms with Gasteiger partial charge in [0.15, 0.2) is 11.5 Å². The van der Waals surface area contributed by atoms with Crippen molar-refractivity contribution in [2.24, 2.45) is 0 Å². The molecule has 0 aromatic heterocycles. The van der Waals surface area contributed by atoms with Gasteiger partial charge in [0.05, 0.1) is 26.6 Å². The Bertz CT molecular complexity index is 1620. The van der Waals surface area contributed by atoms with Crippen LogP contribution < -0.4 is 30.2 Å². The number of carbonyl (C=O) groups is 3. The Morgan fingerprint density at radius 1 is 0.727 bits per heavy atom. The van der Waals surface area contributed by atoms with Gasteiger partial charge in [-0.2, -0.15) is 0 Å². The van der Waals surface area contributed by atoms with Crippen LogP contribution in [0.4, 0.5) is 11.4 Å². The maximum Gasteiger partial charge on any atom is 0.272 e. The van der Waals surface area contributed by atoms with Crippen LogP contribution in [0.2, 0.25) is 0 Å². The van der Waals surface area contributed by atoms with Crippen LogP contribution in [0.25, 0.3) is 6.08 Å². The van der Waals surface area contributed by atoms with E-state index in [1.165, 1.54) is 26.0 Å². The van der Waals surface area contributed by atoms with Crippen molar-refractivity contribution in [2.45, 2.75) is 17.1 Å². The van der Waals surface area contributed by atoms with E-state index in [0.29, 0.717) is 39.8 Å². The first-order valence-electron chi connectivity index (χ1n) is 13.6. The number of thioether (sulfide) groups is 1. The highest BCUT2D eigenvalue weighted by Gasteiger charge is 2.17. The molecular weight excluding hydrogens is 578 g/mol. The molecule has 1 unspecified atom stereocenters. The molecule has 1 atom stereocenters. The molecule has 0 radical (unpaired) electrons. The molecule has 0 heterocycles. The molecule has 3 amide bonds. The van der Waals surface area contributed by atoms with Crippen LogP contribution in [0.3, 0.4) is 0 Å². The number of rotatable bonds is 12. The first-order valence-corrected chi connectivity index (χ1v) is 14.5. The highest BCUT2D eigenvalue weighted by molar-refractivity contribution is 8.00. The Hall–Kier alpha value is -5.22. The van der Waals surface area contributed by atoms with Crippen molar-refractivity contribution in [1.29, 1.82) is 0 Å². The second-order valence-corrected chi connectivity index (χ2v) is 10.9. The average Bonchev–Trinajstić information content (AvgIpc) is 3.05. The lowest BCUT2D eigenvalue weighted by Crippen LogP contribution is -2.30. The minimum atomic E-state index is -0.517. The van der Waals surface area contributed by atoms with Crippen molar-refractivity contribution < 1.29 is 28.6 Å². The third kappa shape index (κ3) is 8.65. The Morgan fingerprint density at radius 3 is 2.00 bits per heavy atom. The maximum absolute atomic E-state index is 13.4. The summed E-state index contributed by atoms with van der Waals surface area (Å²) in [5.74, 6) is 0.638. The summed E-state index contributed by atoms with van der Waals surface area (Å²) in [6.07, 6.45) is 1.56. The van der Waals surface area contributed by atoms with Crippen molar-refractivity contribution >= 4 is 46.9 Å². The number of methoxy groups -OCH3 is 3. The van der Waals surface area contributed by atoms with Crippen molar-refractivity contribution in [3.05, 3.63) is 114 Å². The van der Waals surface area contributed by atoms with E-state index in [2.05, 4.69) is 16.0 Å². The molecule has 4 aromatic carbocycles. The molecule has 0 aliphatic carbocycles. The van der Waals surface area contributed by atoms with Gasteiger partial charge in [-0.15, -0.1) is 11.8 Å². The van der Waals surface area contributed by atoms with E-state index in [0.717, 1.165) is 4.90 Å². The summed E-state index contributed by atoms with van der Waals surface area (Å²) in [5.41, 5.74) is 2.26. The van der Waals surface area contributed by atoms with Crippen molar-refractivity contribution in [3.63, 3.8) is 0 Å². The minimum Gasteiger partial charge on any atom is -0.497 e. The number of anilines is 2. The predicted octanol–water partition coefficient (Wildman–Crippen LogP) is 6.24. The summed E-state index contributed by atoms with van der Waals surface area (Å²) >= 11 is 1.39. The largest absolute Gasteiger partial charge is 0.497 e. The fourth-order valence-corrected chi connectivity index (χ4v) is 4.91. The fourth-order valence-electron chi connectivity index (χ4n) is 4.04. The van der Waals surface area contributed by atoms with Gasteiger partial charge in [0.1, 0.15) is 11.4 Å². The highest BCUT2D eigenvalue weighted by Crippen LogP contribution is 2.29. The van der Waals surface area contributed by atoms with E-state index in [9.17, 15) is 14.4 Å². The quantitative estimate of drug-likeness (QED) is 0.128. The van der Waals surface area contributed by atoms with Crippen LogP contribution in [-0.4, -0.2) is 44.3 Å². The Balaban J connectivity index is 1.45. The molecule has 0 saturated carbocycles. The van der Waals surface area contributed by atoms with Gasteiger partial charge < -0.3 is 30.2 Å². The summed E-state index contributed by atoms with van der Waals surface area (Å²) in [6.45, 7) is 1.82. The zero-order valence-electron chi connectivity index (χ0n) is 24.8. The molecule has 226 valence electrons. The van der Waals surface area contributed by atoms with Gasteiger partial charge in [-0.1, -0.05) is 24.3 Å². The third-order valence-corrected chi connectivity index (χ3v) is 7.51. The van der Waals surface area contributed by atoms with Gasteiger partial charge in [0.2, 0.25) is 5.91 Å². The van der Waals surface area contributed by atoms with E-state index < -0.39 is 11.8 Å². The number of hydrogen-bond donors (Lipinski definition) is 3. The standard InChI is InChI=1S/C34H33N3O6S/c1-22(32(38)35-25-11-15-27(41-2)16-12-25)44-28-17-13-26(14-18-28)36-34(40)29(37-33(39)24-8-6-5-7-9-24)20-23-10-19-30(42-3)31(21-23)43-4/h5-22H,1-4H3,(H,35,38)(H,36,40)(H,37,39)/b29-20-. The Labute approximate surface area is 260 Å². The molecule has 0 aliphatic heterocycles. The molecule has 0 saturated heterocycles. The summed E-state index contributed by atoms with van der Waals surface area (Å²) in [4.78, 5) is 39.9. The average molecular weight is 612 g/mol. The molecule has 4 rings (SSSR count). The molecule has 0 aliphatic rings. The molecule has 10 heteroatoms. The van der Waals surface area contributed by atoms with Gasteiger partial charge in [0.25, 0.3) is 11.8 Å². The Kier molecular flexibility index (Phi) is 11.0. The van der Waals surface area contributed by atoms with E-state index in [-0.39, 0.29) is 16.9 Å². The number of amides is 3. The molecule has 9 nitrogen and oxygen atoms in total. The van der Waals surface area contributed by atoms with Crippen LogP contribution in [-0.2, 0) is 9.59 Å². The molecule has 3 N–H and O–H groups in total. The van der Waals surface area contributed by atoms with Gasteiger partial charge in [-0.25, -0.2) is 0 Å². The lowest BCUT2D eigenvalue weighted by Gasteiger charge is -2.14. The van der Waals surface area contributed by atoms with E-state index in [1.807, 2.05) is 19.1 Å². The van der Waals surface area contributed by atoms with Gasteiger partial charge >= 0.3 is 0 Å². The normalized spacial score (nSPS) is 11.6. The maximum atomic E-state index is 13.4. The van der Waals surface area contributed by atoms with Gasteiger partial charge in [-0.3, -0.25) is 14.4 Å². The number of nitrogens with one attached hydrogen (secondary N) is 3. The molecule has 4 aromatic rings. The minimum absolute atomic E-state index is 0.0355. The van der Waals surface area contributed by atoms with Crippen molar-refractivity contribution in [2.75, 3.05) is 32.0 Å². The van der Waals surface area contributed by atoms with Gasteiger partial charge in [-0.05, 0) is 91.4 Å². The van der Waals surface area contributed by atoms with E-state index in [4.69, 9.17) is 14.2 Å². The van der Waals surface area contributed by atoms with E-state index in [1.54, 1.807) is 98.1 Å². The molecular formula is C34H33N3O6S. The second kappa shape index (κ2) is 15.3.